The van der Waals surface area contributed by atoms with Crippen molar-refractivity contribution < 1.29 is 31.5 Å². The summed E-state index contributed by atoms with van der Waals surface area (Å²) in [6, 6.07) is 1.51. The Morgan fingerprint density at radius 3 is 2.36 bits per heavy atom. The predicted molar refractivity (Wildman–Crippen MR) is 99.1 cm³/mol. The molecule has 1 saturated heterocycles. The van der Waals surface area contributed by atoms with Crippen LogP contribution in [0, 0.1) is 17.6 Å². The number of hydrogen-bond acceptors (Lipinski definition) is 5. The number of carbonyl (C=O) groups excluding carboxylic acids is 2. The quantitative estimate of drug-likeness (QED) is 0.659. The van der Waals surface area contributed by atoms with Gasteiger partial charge in [-0.1, -0.05) is 0 Å². The molecule has 0 radical (unpaired) electrons. The van der Waals surface area contributed by atoms with Gasteiger partial charge in [0.25, 0.3) is 0 Å². The molecule has 1 heterocycles. The predicted octanol–water partition coefficient (Wildman–Crippen LogP) is 1.92. The Morgan fingerprint density at radius 1 is 1.25 bits per heavy atom. The largest absolute Gasteiger partial charge is 0.466 e. The lowest BCUT2D eigenvalue weighted by molar-refractivity contribution is -0.151. The molecule has 1 aliphatic heterocycles. The van der Waals surface area contributed by atoms with Gasteiger partial charge in [-0.05, 0) is 38.8 Å². The van der Waals surface area contributed by atoms with Gasteiger partial charge in [-0.15, -0.1) is 0 Å². The minimum atomic E-state index is -3.94. The number of carbonyl (C=O) groups is 2. The summed E-state index contributed by atoms with van der Waals surface area (Å²) >= 11 is 0. The fourth-order valence-corrected chi connectivity index (χ4v) is 4.45. The summed E-state index contributed by atoms with van der Waals surface area (Å²) in [5, 5.41) is 0. The molecule has 1 amide bonds. The molecule has 0 aromatic heterocycles. The zero-order valence-corrected chi connectivity index (χ0v) is 16.8. The van der Waals surface area contributed by atoms with Crippen molar-refractivity contribution >= 4 is 27.6 Å². The monoisotopic (exact) mass is 418 g/mol. The first-order chi connectivity index (χ1) is 13.1. The highest BCUT2D eigenvalue weighted by molar-refractivity contribution is 7.92. The SMILES string of the molecule is CCOC(=O)C1CCN(C(=O)[C@@H](C)N(c2ccc(F)c(F)c2)S(C)(=O)=O)CC1. The van der Waals surface area contributed by atoms with Gasteiger partial charge in [0.1, 0.15) is 6.04 Å². The van der Waals surface area contributed by atoms with E-state index >= 15 is 0 Å². The number of likely N-dealkylation sites (tertiary alicyclic amines) is 1. The smallest absolute Gasteiger partial charge is 0.309 e. The first-order valence-corrected chi connectivity index (χ1v) is 10.8. The second kappa shape index (κ2) is 8.85. The third-order valence-electron chi connectivity index (χ3n) is 4.65. The Hall–Kier alpha value is -2.23. The molecule has 1 aliphatic rings. The van der Waals surface area contributed by atoms with Crippen LogP contribution >= 0.6 is 0 Å². The molecule has 156 valence electrons. The van der Waals surface area contributed by atoms with E-state index in [0.717, 1.165) is 28.8 Å². The third kappa shape index (κ3) is 4.98. The fourth-order valence-electron chi connectivity index (χ4n) is 3.28. The van der Waals surface area contributed by atoms with E-state index in [4.69, 9.17) is 4.74 Å². The minimum absolute atomic E-state index is 0.136. The summed E-state index contributed by atoms with van der Waals surface area (Å²) in [7, 11) is -3.94. The van der Waals surface area contributed by atoms with Gasteiger partial charge >= 0.3 is 5.97 Å². The van der Waals surface area contributed by atoms with Gasteiger partial charge in [0.05, 0.1) is 24.5 Å². The van der Waals surface area contributed by atoms with Gasteiger partial charge in [-0.2, -0.15) is 0 Å². The topological polar surface area (TPSA) is 84.0 Å². The van der Waals surface area contributed by atoms with Crippen LogP contribution in [0.1, 0.15) is 26.7 Å². The molecule has 7 nitrogen and oxygen atoms in total. The lowest BCUT2D eigenvalue weighted by Crippen LogP contribution is -2.51. The number of esters is 1. The van der Waals surface area contributed by atoms with Crippen molar-refractivity contribution in [2.24, 2.45) is 5.92 Å². The van der Waals surface area contributed by atoms with Crippen molar-refractivity contribution in [1.29, 1.82) is 0 Å². The zero-order chi connectivity index (χ0) is 21.1. The number of nitrogens with zero attached hydrogens (tertiary/aromatic N) is 2. The van der Waals surface area contributed by atoms with Crippen molar-refractivity contribution in [1.82, 2.24) is 4.90 Å². The Balaban J connectivity index is 2.17. The van der Waals surface area contributed by atoms with Crippen molar-refractivity contribution in [2.45, 2.75) is 32.7 Å². The number of halogens is 2. The van der Waals surface area contributed by atoms with Crippen LogP contribution in [-0.2, 0) is 24.3 Å². The molecule has 1 fully saturated rings. The summed E-state index contributed by atoms with van der Waals surface area (Å²) in [6.07, 6.45) is 1.73. The van der Waals surface area contributed by atoms with Gasteiger partial charge in [-0.3, -0.25) is 13.9 Å². The van der Waals surface area contributed by atoms with Gasteiger partial charge in [-0.25, -0.2) is 17.2 Å². The van der Waals surface area contributed by atoms with Crippen LogP contribution < -0.4 is 4.31 Å². The van der Waals surface area contributed by atoms with Crippen LogP contribution in [0.15, 0.2) is 18.2 Å². The summed E-state index contributed by atoms with van der Waals surface area (Å²) in [4.78, 5) is 26.1. The number of rotatable bonds is 6. The highest BCUT2D eigenvalue weighted by atomic mass is 32.2. The number of piperidine rings is 1. The van der Waals surface area contributed by atoms with E-state index in [0.29, 0.717) is 12.8 Å². The number of amides is 1. The molecular weight excluding hydrogens is 394 g/mol. The molecule has 1 aromatic rings. The molecule has 10 heteroatoms. The number of benzene rings is 1. The van der Waals surface area contributed by atoms with Crippen molar-refractivity contribution in [3.05, 3.63) is 29.8 Å². The van der Waals surface area contributed by atoms with Crippen LogP contribution in [0.5, 0.6) is 0 Å². The maximum absolute atomic E-state index is 13.6. The molecule has 0 bridgehead atoms. The second-order valence-corrected chi connectivity index (χ2v) is 8.54. The van der Waals surface area contributed by atoms with Gasteiger partial charge in [0.15, 0.2) is 11.6 Å². The van der Waals surface area contributed by atoms with Crippen molar-refractivity contribution in [2.75, 3.05) is 30.3 Å². The Kier molecular flexibility index (Phi) is 6.97. The third-order valence-corrected chi connectivity index (χ3v) is 5.89. The fraction of sp³-hybridized carbons (Fsp3) is 0.556. The summed E-state index contributed by atoms with van der Waals surface area (Å²) in [6.45, 7) is 3.95. The number of ether oxygens (including phenoxy) is 1. The molecule has 0 N–H and O–H groups in total. The molecule has 0 unspecified atom stereocenters. The first-order valence-electron chi connectivity index (χ1n) is 8.96. The lowest BCUT2D eigenvalue weighted by atomic mass is 9.96. The Morgan fingerprint density at radius 2 is 1.86 bits per heavy atom. The van der Waals surface area contributed by atoms with Crippen LogP contribution in [0.3, 0.4) is 0 Å². The highest BCUT2D eigenvalue weighted by Crippen LogP contribution is 2.25. The average molecular weight is 418 g/mol. The van der Waals surface area contributed by atoms with Crippen molar-refractivity contribution in [3.8, 4) is 0 Å². The van der Waals surface area contributed by atoms with E-state index in [9.17, 15) is 26.8 Å². The summed E-state index contributed by atoms with van der Waals surface area (Å²) < 4.78 is 57.1. The molecular formula is C18H24F2N2O5S. The minimum Gasteiger partial charge on any atom is -0.466 e. The first kappa shape index (κ1) is 22.1. The molecule has 28 heavy (non-hydrogen) atoms. The molecule has 0 spiro atoms. The Bertz CT molecular complexity index is 838. The van der Waals surface area contributed by atoms with E-state index in [-0.39, 0.29) is 37.3 Å². The molecule has 2 rings (SSSR count). The normalized spacial score (nSPS) is 16.5. The van der Waals surface area contributed by atoms with Gasteiger partial charge < -0.3 is 9.64 Å². The van der Waals surface area contributed by atoms with Gasteiger partial charge in [0.2, 0.25) is 15.9 Å². The molecule has 1 atom stereocenters. The summed E-state index contributed by atoms with van der Waals surface area (Å²) in [5.74, 6) is -3.39. The van der Waals surface area contributed by atoms with E-state index in [1.807, 2.05) is 0 Å². The van der Waals surface area contributed by atoms with E-state index in [1.54, 1.807) is 6.92 Å². The highest BCUT2D eigenvalue weighted by Gasteiger charge is 2.35. The molecule has 0 aliphatic carbocycles. The van der Waals surface area contributed by atoms with Crippen LogP contribution in [-0.4, -0.2) is 57.2 Å². The zero-order valence-electron chi connectivity index (χ0n) is 16.0. The second-order valence-electron chi connectivity index (χ2n) is 6.68. The van der Waals surface area contributed by atoms with Crippen LogP contribution in [0.2, 0.25) is 0 Å². The van der Waals surface area contributed by atoms with Crippen LogP contribution in [0.25, 0.3) is 0 Å². The maximum atomic E-state index is 13.6. The van der Waals surface area contributed by atoms with Crippen molar-refractivity contribution in [3.63, 3.8) is 0 Å². The lowest BCUT2D eigenvalue weighted by Gasteiger charge is -2.36. The van der Waals surface area contributed by atoms with E-state index in [1.165, 1.54) is 11.8 Å². The summed E-state index contributed by atoms with van der Waals surface area (Å²) in [5.41, 5.74) is -0.136. The molecule has 0 saturated carbocycles. The molecule has 1 aromatic carbocycles. The van der Waals surface area contributed by atoms with Gasteiger partial charge in [0, 0.05) is 19.2 Å². The average Bonchev–Trinajstić information content (AvgIpc) is 2.63. The number of anilines is 1. The van der Waals surface area contributed by atoms with Crippen LogP contribution in [0.4, 0.5) is 14.5 Å². The van der Waals surface area contributed by atoms with E-state index in [2.05, 4.69) is 0 Å². The standard InChI is InChI=1S/C18H24F2N2O5S/c1-4-27-18(24)13-7-9-21(10-8-13)17(23)12(2)22(28(3,25)26)14-5-6-15(19)16(20)11-14/h5-6,11-13H,4,7-10H2,1-3H3/t12-/m1/s1. The van der Waals surface area contributed by atoms with E-state index < -0.39 is 33.6 Å². The maximum Gasteiger partial charge on any atom is 0.309 e. The number of sulfonamides is 1. The number of hydrogen-bond donors (Lipinski definition) is 0. The Labute approximate surface area is 163 Å².